The van der Waals surface area contributed by atoms with E-state index in [1.54, 1.807) is 0 Å². The summed E-state index contributed by atoms with van der Waals surface area (Å²) in [5.41, 5.74) is 2.84. The largest absolute Gasteiger partial charge is 0.361 e. The molecule has 27 heavy (non-hydrogen) atoms. The zero-order chi connectivity index (χ0) is 18.2. The number of H-pyrrole nitrogens is 1. The summed E-state index contributed by atoms with van der Waals surface area (Å²) in [6, 6.07) is 18.0. The van der Waals surface area contributed by atoms with Crippen LogP contribution in [-0.4, -0.2) is 39.0 Å². The molecule has 1 N–H and O–H groups in total. The number of benzene rings is 2. The van der Waals surface area contributed by atoms with Gasteiger partial charge in [-0.3, -0.25) is 4.79 Å². The Morgan fingerprint density at radius 3 is 2.74 bits per heavy atom. The van der Waals surface area contributed by atoms with Crippen LogP contribution in [0.5, 0.6) is 0 Å². The van der Waals surface area contributed by atoms with E-state index in [0.717, 1.165) is 10.9 Å². The quantitative estimate of drug-likeness (QED) is 0.607. The van der Waals surface area contributed by atoms with Gasteiger partial charge in [-0.15, -0.1) is 0 Å². The van der Waals surface area contributed by atoms with Gasteiger partial charge >= 0.3 is 0 Å². The summed E-state index contributed by atoms with van der Waals surface area (Å²) < 4.78 is 4.96. The highest BCUT2D eigenvalue weighted by molar-refractivity contribution is 5.98. The van der Waals surface area contributed by atoms with Crippen LogP contribution >= 0.6 is 0 Å². The molecule has 0 radical (unpaired) electrons. The maximum Gasteiger partial charge on any atom is 0.253 e. The van der Waals surface area contributed by atoms with Crippen LogP contribution in [0.15, 0.2) is 71.7 Å². The van der Waals surface area contributed by atoms with Gasteiger partial charge in [-0.25, -0.2) is 0 Å². The van der Waals surface area contributed by atoms with E-state index in [1.807, 2.05) is 53.6 Å². The molecule has 3 heterocycles. The predicted molar refractivity (Wildman–Crippen MR) is 100 cm³/mol. The molecule has 4 aromatic rings. The van der Waals surface area contributed by atoms with Crippen molar-refractivity contribution in [3.63, 3.8) is 0 Å². The number of carbonyl (C=O) groups excluding carboxylic acids is 1. The number of likely N-dealkylation sites (tertiary alicyclic amines) is 1. The van der Waals surface area contributed by atoms with E-state index in [1.165, 1.54) is 12.0 Å². The zero-order valence-corrected chi connectivity index (χ0v) is 14.6. The molecular weight excluding hydrogens is 340 g/mol. The van der Waals surface area contributed by atoms with Crippen LogP contribution in [0.4, 0.5) is 0 Å². The maximum atomic E-state index is 13.2. The van der Waals surface area contributed by atoms with Crippen LogP contribution in [-0.2, 0) is 0 Å². The molecule has 134 valence electrons. The van der Waals surface area contributed by atoms with E-state index in [0.29, 0.717) is 24.5 Å². The van der Waals surface area contributed by atoms with Crippen molar-refractivity contribution in [2.45, 2.75) is 11.8 Å². The van der Waals surface area contributed by atoms with Gasteiger partial charge in [0.2, 0.25) is 6.39 Å². The number of nitrogens with zero attached hydrogens (tertiary/aromatic N) is 3. The lowest BCUT2D eigenvalue weighted by Crippen LogP contribution is -2.28. The Kier molecular flexibility index (Phi) is 3.74. The highest BCUT2D eigenvalue weighted by Crippen LogP contribution is 2.38. The fourth-order valence-electron chi connectivity index (χ4n) is 3.97. The van der Waals surface area contributed by atoms with Crippen molar-refractivity contribution in [3.8, 4) is 0 Å². The minimum absolute atomic E-state index is 0.0179. The average molecular weight is 358 g/mol. The van der Waals surface area contributed by atoms with Gasteiger partial charge in [-0.05, 0) is 29.1 Å². The molecule has 1 saturated heterocycles. The minimum Gasteiger partial charge on any atom is -0.361 e. The number of rotatable bonds is 3. The first-order chi connectivity index (χ1) is 13.3. The van der Waals surface area contributed by atoms with Crippen molar-refractivity contribution >= 4 is 16.8 Å². The molecule has 0 spiro atoms. The summed E-state index contributed by atoms with van der Waals surface area (Å²) in [5, 5.41) is 5.14. The van der Waals surface area contributed by atoms with Gasteiger partial charge < -0.3 is 14.4 Å². The second-order valence-corrected chi connectivity index (χ2v) is 6.90. The third-order valence-corrected chi connectivity index (χ3v) is 5.35. The SMILES string of the molecule is O=C(c1ccc2cc[nH]c2c1)N1C[C@H](c2ccccc2)[C@H](c2ncon2)C1. The fraction of sp³-hybridized carbons (Fsp3) is 0.190. The maximum absolute atomic E-state index is 13.2. The second kappa shape index (κ2) is 6.39. The van der Waals surface area contributed by atoms with Crippen molar-refractivity contribution in [1.82, 2.24) is 20.0 Å². The molecular formula is C21H18N4O2. The van der Waals surface area contributed by atoms with Gasteiger partial charge in [0.15, 0.2) is 5.82 Å². The van der Waals surface area contributed by atoms with Gasteiger partial charge in [0, 0.05) is 42.2 Å². The molecule has 5 rings (SSSR count). The Balaban J connectivity index is 1.47. The number of hydrogen-bond donors (Lipinski definition) is 1. The van der Waals surface area contributed by atoms with Crippen molar-refractivity contribution < 1.29 is 9.32 Å². The molecule has 6 heteroatoms. The molecule has 0 aliphatic carbocycles. The van der Waals surface area contributed by atoms with Gasteiger partial charge in [0.1, 0.15) is 0 Å². The first kappa shape index (κ1) is 15.8. The Bertz CT molecular complexity index is 1070. The van der Waals surface area contributed by atoms with Crippen molar-refractivity contribution in [3.05, 3.63) is 84.1 Å². The topological polar surface area (TPSA) is 75.0 Å². The molecule has 0 saturated carbocycles. The predicted octanol–water partition coefficient (Wildman–Crippen LogP) is 3.57. The lowest BCUT2D eigenvalue weighted by molar-refractivity contribution is 0.0789. The van der Waals surface area contributed by atoms with Crippen molar-refractivity contribution in [2.75, 3.05) is 13.1 Å². The van der Waals surface area contributed by atoms with Crippen molar-refractivity contribution in [2.24, 2.45) is 0 Å². The van der Waals surface area contributed by atoms with Gasteiger partial charge in [-0.1, -0.05) is 41.6 Å². The summed E-state index contributed by atoms with van der Waals surface area (Å²) in [5.74, 6) is 0.837. The van der Waals surface area contributed by atoms with E-state index in [4.69, 9.17) is 4.52 Å². The van der Waals surface area contributed by atoms with Crippen LogP contribution in [0.25, 0.3) is 10.9 Å². The number of hydrogen-bond acceptors (Lipinski definition) is 4. The standard InChI is InChI=1S/C21H18N4O2/c26-21(16-7-6-15-8-9-22-19(15)10-16)25-11-17(14-4-2-1-3-5-14)18(12-25)20-23-13-27-24-20/h1-10,13,17-18,22H,11-12H2/t17-,18-/m1/s1. The third-order valence-electron chi connectivity index (χ3n) is 5.35. The Labute approximate surface area is 155 Å². The molecule has 1 aliphatic rings. The Morgan fingerprint density at radius 2 is 1.93 bits per heavy atom. The van der Waals surface area contributed by atoms with Gasteiger partial charge in [-0.2, -0.15) is 4.98 Å². The molecule has 1 amide bonds. The number of aromatic amines is 1. The van der Waals surface area contributed by atoms with Crippen LogP contribution in [0, 0.1) is 0 Å². The smallest absolute Gasteiger partial charge is 0.253 e. The van der Waals surface area contributed by atoms with Crippen LogP contribution < -0.4 is 0 Å². The molecule has 0 unspecified atom stereocenters. The Morgan fingerprint density at radius 1 is 1.07 bits per heavy atom. The zero-order valence-electron chi connectivity index (χ0n) is 14.6. The molecule has 0 bridgehead atoms. The monoisotopic (exact) mass is 358 g/mol. The normalized spacial score (nSPS) is 19.6. The summed E-state index contributed by atoms with van der Waals surface area (Å²) in [6.07, 6.45) is 3.23. The second-order valence-electron chi connectivity index (χ2n) is 6.90. The molecule has 2 aromatic heterocycles. The summed E-state index contributed by atoms with van der Waals surface area (Å²) in [4.78, 5) is 22.5. The lowest BCUT2D eigenvalue weighted by Gasteiger charge is -2.17. The molecule has 2 aromatic carbocycles. The van der Waals surface area contributed by atoms with E-state index >= 15 is 0 Å². The Hall–Kier alpha value is -3.41. The molecule has 1 fully saturated rings. The van der Waals surface area contributed by atoms with E-state index in [9.17, 15) is 4.79 Å². The molecule has 2 atom stereocenters. The molecule has 6 nitrogen and oxygen atoms in total. The first-order valence-electron chi connectivity index (χ1n) is 8.97. The number of carbonyl (C=O) groups is 1. The third kappa shape index (κ3) is 2.79. The number of aromatic nitrogens is 3. The minimum atomic E-state index is 0.0179. The van der Waals surface area contributed by atoms with Gasteiger partial charge in [0.25, 0.3) is 5.91 Å². The highest BCUT2D eigenvalue weighted by Gasteiger charge is 2.39. The highest BCUT2D eigenvalue weighted by atomic mass is 16.5. The van der Waals surface area contributed by atoms with Crippen LogP contribution in [0.2, 0.25) is 0 Å². The summed E-state index contributed by atoms with van der Waals surface area (Å²) in [6.45, 7) is 1.20. The molecule has 1 aliphatic heterocycles. The van der Waals surface area contributed by atoms with Gasteiger partial charge in [0.05, 0.1) is 0 Å². The number of nitrogens with one attached hydrogen (secondary N) is 1. The van der Waals surface area contributed by atoms with E-state index in [2.05, 4.69) is 27.3 Å². The van der Waals surface area contributed by atoms with Crippen LogP contribution in [0.3, 0.4) is 0 Å². The average Bonchev–Trinajstić information content (AvgIpc) is 3.47. The number of amides is 1. The van der Waals surface area contributed by atoms with E-state index in [-0.39, 0.29) is 17.7 Å². The number of fused-ring (bicyclic) bond motifs is 1. The van der Waals surface area contributed by atoms with E-state index < -0.39 is 0 Å². The summed E-state index contributed by atoms with van der Waals surface area (Å²) >= 11 is 0. The van der Waals surface area contributed by atoms with Crippen LogP contribution in [0.1, 0.15) is 33.6 Å². The van der Waals surface area contributed by atoms with Crippen molar-refractivity contribution in [1.29, 1.82) is 0 Å². The first-order valence-corrected chi connectivity index (χ1v) is 8.97. The lowest BCUT2D eigenvalue weighted by atomic mass is 9.88. The summed E-state index contributed by atoms with van der Waals surface area (Å²) in [7, 11) is 0. The fourth-order valence-corrected chi connectivity index (χ4v) is 3.97.